The van der Waals surface area contributed by atoms with Gasteiger partial charge in [-0.15, -0.1) is 0 Å². The predicted molar refractivity (Wildman–Crippen MR) is 67.9 cm³/mol. The van der Waals surface area contributed by atoms with Crippen LogP contribution in [0.15, 0.2) is 12.1 Å². The maximum absolute atomic E-state index is 12.8. The average Bonchev–Trinajstić information content (AvgIpc) is 2.37. The molecular weight excluding hydrogens is 279 g/mol. The van der Waals surface area contributed by atoms with Gasteiger partial charge in [-0.1, -0.05) is 11.6 Å². The van der Waals surface area contributed by atoms with E-state index in [-0.39, 0.29) is 10.9 Å². The number of halogens is 4. The van der Waals surface area contributed by atoms with E-state index in [1.54, 1.807) is 0 Å². The molecule has 2 nitrogen and oxygen atoms in total. The molecule has 1 aliphatic rings. The minimum Gasteiger partial charge on any atom is -0.495 e. The minimum atomic E-state index is -4.40. The van der Waals surface area contributed by atoms with Gasteiger partial charge < -0.3 is 10.1 Å². The highest BCUT2D eigenvalue weighted by Crippen LogP contribution is 2.41. The normalized spacial score (nSPS) is 20.4. The molecule has 0 spiro atoms. The molecule has 1 fully saturated rings. The Bertz CT molecular complexity index is 456. The molecule has 0 amide bonds. The highest BCUT2D eigenvalue weighted by Gasteiger charge is 2.33. The van der Waals surface area contributed by atoms with Crippen molar-refractivity contribution in [2.24, 2.45) is 0 Å². The van der Waals surface area contributed by atoms with E-state index < -0.39 is 11.7 Å². The molecule has 1 atom stereocenters. The van der Waals surface area contributed by atoms with Crippen molar-refractivity contribution in [3.05, 3.63) is 28.3 Å². The third-order valence-corrected chi connectivity index (χ3v) is 3.62. The standard InChI is InChI=1S/C13H15ClF3NO/c1-19-12-10(8-3-2-4-18-7-8)5-9(6-11(12)14)13(15,16)17/h5-6,8,18H,2-4,7H2,1H3. The van der Waals surface area contributed by atoms with Gasteiger partial charge in [0, 0.05) is 18.0 Å². The maximum atomic E-state index is 12.8. The minimum absolute atomic E-state index is 0.00324. The SMILES string of the molecule is COc1c(Cl)cc(C(F)(F)F)cc1C1CCCNC1. The molecule has 1 N–H and O–H groups in total. The first-order valence-electron chi connectivity index (χ1n) is 6.09. The molecule has 0 aromatic heterocycles. The molecule has 106 valence electrons. The van der Waals surface area contributed by atoms with E-state index >= 15 is 0 Å². The lowest BCUT2D eigenvalue weighted by atomic mass is 9.89. The van der Waals surface area contributed by atoms with Crippen molar-refractivity contribution >= 4 is 11.6 Å². The molecule has 1 heterocycles. The Morgan fingerprint density at radius 3 is 2.63 bits per heavy atom. The zero-order valence-electron chi connectivity index (χ0n) is 10.5. The third-order valence-electron chi connectivity index (χ3n) is 3.34. The number of rotatable bonds is 2. The monoisotopic (exact) mass is 293 g/mol. The number of hydrogen-bond acceptors (Lipinski definition) is 2. The lowest BCUT2D eigenvalue weighted by Crippen LogP contribution is -2.28. The summed E-state index contributed by atoms with van der Waals surface area (Å²) >= 11 is 5.91. The first-order valence-corrected chi connectivity index (χ1v) is 6.46. The van der Waals surface area contributed by atoms with Gasteiger partial charge in [0.2, 0.25) is 0 Å². The van der Waals surface area contributed by atoms with Crippen molar-refractivity contribution in [3.8, 4) is 5.75 Å². The van der Waals surface area contributed by atoms with Crippen molar-refractivity contribution in [2.75, 3.05) is 20.2 Å². The first-order chi connectivity index (χ1) is 8.93. The smallest absolute Gasteiger partial charge is 0.416 e. The molecule has 0 bridgehead atoms. The van der Waals surface area contributed by atoms with Gasteiger partial charge in [-0.05, 0) is 31.5 Å². The van der Waals surface area contributed by atoms with Crippen LogP contribution in [-0.4, -0.2) is 20.2 Å². The van der Waals surface area contributed by atoms with E-state index in [0.29, 0.717) is 17.9 Å². The largest absolute Gasteiger partial charge is 0.495 e. The van der Waals surface area contributed by atoms with Crippen LogP contribution < -0.4 is 10.1 Å². The molecule has 2 rings (SSSR count). The van der Waals surface area contributed by atoms with E-state index in [1.165, 1.54) is 7.11 Å². The lowest BCUT2D eigenvalue weighted by Gasteiger charge is -2.26. The molecule has 0 saturated carbocycles. The van der Waals surface area contributed by atoms with E-state index in [2.05, 4.69) is 5.32 Å². The van der Waals surface area contributed by atoms with Gasteiger partial charge in [-0.3, -0.25) is 0 Å². The van der Waals surface area contributed by atoms with E-state index in [4.69, 9.17) is 16.3 Å². The summed E-state index contributed by atoms with van der Waals surface area (Å²) in [6.45, 7) is 1.54. The van der Waals surface area contributed by atoms with Crippen LogP contribution in [0.3, 0.4) is 0 Å². The van der Waals surface area contributed by atoms with Crippen LogP contribution in [0.5, 0.6) is 5.75 Å². The van der Waals surface area contributed by atoms with Crippen LogP contribution in [0, 0.1) is 0 Å². The van der Waals surface area contributed by atoms with E-state index in [1.807, 2.05) is 0 Å². The van der Waals surface area contributed by atoms with Crippen molar-refractivity contribution < 1.29 is 17.9 Å². The second-order valence-corrected chi connectivity index (χ2v) is 5.03. The summed E-state index contributed by atoms with van der Waals surface area (Å²) in [7, 11) is 1.42. The summed E-state index contributed by atoms with van der Waals surface area (Å²) < 4.78 is 43.7. The zero-order valence-corrected chi connectivity index (χ0v) is 11.2. The van der Waals surface area contributed by atoms with Crippen LogP contribution in [0.25, 0.3) is 0 Å². The van der Waals surface area contributed by atoms with Crippen LogP contribution in [0.1, 0.15) is 29.9 Å². The Kier molecular flexibility index (Phi) is 4.26. The van der Waals surface area contributed by atoms with E-state index in [0.717, 1.165) is 31.5 Å². The number of piperidine rings is 1. The average molecular weight is 294 g/mol. The number of hydrogen-bond donors (Lipinski definition) is 1. The summed E-state index contributed by atoms with van der Waals surface area (Å²) in [5.41, 5.74) is -0.187. The fourth-order valence-corrected chi connectivity index (χ4v) is 2.72. The Morgan fingerprint density at radius 2 is 2.11 bits per heavy atom. The molecule has 0 aliphatic carbocycles. The van der Waals surface area contributed by atoms with Gasteiger partial charge in [0.1, 0.15) is 5.75 Å². The molecule has 0 radical (unpaired) electrons. The summed E-state index contributed by atoms with van der Waals surface area (Å²) in [4.78, 5) is 0. The van der Waals surface area contributed by atoms with Crippen LogP contribution in [0.2, 0.25) is 5.02 Å². The highest BCUT2D eigenvalue weighted by molar-refractivity contribution is 6.32. The van der Waals surface area contributed by atoms with Crippen molar-refractivity contribution in [1.29, 1.82) is 0 Å². The molecule has 1 aromatic rings. The highest BCUT2D eigenvalue weighted by atomic mass is 35.5. The van der Waals surface area contributed by atoms with Crippen molar-refractivity contribution in [2.45, 2.75) is 24.9 Å². The van der Waals surface area contributed by atoms with Gasteiger partial charge in [0.15, 0.2) is 0 Å². The van der Waals surface area contributed by atoms with Gasteiger partial charge in [-0.25, -0.2) is 0 Å². The van der Waals surface area contributed by atoms with Gasteiger partial charge in [0.05, 0.1) is 17.7 Å². The molecule has 1 aliphatic heterocycles. The number of ether oxygens (including phenoxy) is 1. The van der Waals surface area contributed by atoms with Crippen LogP contribution in [-0.2, 0) is 6.18 Å². The Morgan fingerprint density at radius 1 is 1.37 bits per heavy atom. The van der Waals surface area contributed by atoms with Gasteiger partial charge in [0.25, 0.3) is 0 Å². The number of nitrogens with one attached hydrogen (secondary N) is 1. The molecule has 1 aromatic carbocycles. The number of alkyl halides is 3. The topological polar surface area (TPSA) is 21.3 Å². The predicted octanol–water partition coefficient (Wildman–Crippen LogP) is 3.83. The quantitative estimate of drug-likeness (QED) is 0.895. The summed E-state index contributed by atoms with van der Waals surface area (Å²) in [6, 6.07) is 2.07. The van der Waals surface area contributed by atoms with E-state index in [9.17, 15) is 13.2 Å². The fraction of sp³-hybridized carbons (Fsp3) is 0.538. The van der Waals surface area contributed by atoms with Crippen molar-refractivity contribution in [1.82, 2.24) is 5.32 Å². The number of methoxy groups -OCH3 is 1. The summed E-state index contributed by atoms with van der Waals surface area (Å²) in [6.07, 6.45) is -2.63. The van der Waals surface area contributed by atoms with Gasteiger partial charge >= 0.3 is 6.18 Å². The summed E-state index contributed by atoms with van der Waals surface area (Å²) in [5, 5.41) is 3.19. The Balaban J connectivity index is 2.46. The molecule has 6 heteroatoms. The van der Waals surface area contributed by atoms with Crippen molar-refractivity contribution in [3.63, 3.8) is 0 Å². The third kappa shape index (κ3) is 3.15. The molecular formula is C13H15ClF3NO. The lowest BCUT2D eigenvalue weighted by molar-refractivity contribution is -0.137. The second-order valence-electron chi connectivity index (χ2n) is 4.62. The summed E-state index contributed by atoms with van der Waals surface area (Å²) in [5.74, 6) is 0.354. The maximum Gasteiger partial charge on any atom is 0.416 e. The first kappa shape index (κ1) is 14.5. The Hall–Kier alpha value is -0.940. The Labute approximate surface area is 114 Å². The second kappa shape index (κ2) is 5.59. The molecule has 1 unspecified atom stereocenters. The molecule has 19 heavy (non-hydrogen) atoms. The van der Waals surface area contributed by atoms with Crippen LogP contribution >= 0.6 is 11.6 Å². The molecule has 1 saturated heterocycles. The zero-order chi connectivity index (χ0) is 14.0. The fourth-order valence-electron chi connectivity index (χ4n) is 2.41. The number of benzene rings is 1. The van der Waals surface area contributed by atoms with Gasteiger partial charge in [-0.2, -0.15) is 13.2 Å². The van der Waals surface area contributed by atoms with Crippen LogP contribution in [0.4, 0.5) is 13.2 Å².